The Hall–Kier alpha value is -2.37. The van der Waals surface area contributed by atoms with Gasteiger partial charge in [0.15, 0.2) is 0 Å². The van der Waals surface area contributed by atoms with Gasteiger partial charge in [0.2, 0.25) is 10.0 Å². The Balaban J connectivity index is 1.91. The maximum atomic E-state index is 12.8. The highest BCUT2D eigenvalue weighted by atomic mass is 32.2. The molecule has 1 N–H and O–H groups in total. The van der Waals surface area contributed by atoms with Crippen molar-refractivity contribution in [1.82, 2.24) is 4.72 Å². The molecule has 0 aliphatic carbocycles. The van der Waals surface area contributed by atoms with Crippen LogP contribution < -0.4 is 9.46 Å². The summed E-state index contributed by atoms with van der Waals surface area (Å²) in [5.74, 6) is 0.686. The maximum absolute atomic E-state index is 12.8. The van der Waals surface area contributed by atoms with Crippen molar-refractivity contribution in [3.63, 3.8) is 0 Å². The number of hydrogen-bond donors (Lipinski definition) is 1. The molecular formula is C20H21NO3S. The minimum Gasteiger partial charge on any atom is -0.496 e. The Morgan fingerprint density at radius 1 is 0.960 bits per heavy atom. The summed E-state index contributed by atoms with van der Waals surface area (Å²) < 4.78 is 33.5. The summed E-state index contributed by atoms with van der Waals surface area (Å²) in [7, 11) is -2.03. The van der Waals surface area contributed by atoms with Crippen LogP contribution in [0.3, 0.4) is 0 Å². The third-order valence-corrected chi connectivity index (χ3v) is 5.86. The third kappa shape index (κ3) is 3.52. The van der Waals surface area contributed by atoms with Gasteiger partial charge in [0.25, 0.3) is 0 Å². The van der Waals surface area contributed by atoms with Crippen LogP contribution >= 0.6 is 0 Å². The van der Waals surface area contributed by atoms with Crippen LogP contribution in [0.1, 0.15) is 16.7 Å². The van der Waals surface area contributed by atoms with Gasteiger partial charge in [0.1, 0.15) is 5.75 Å². The Morgan fingerprint density at radius 3 is 2.44 bits per heavy atom. The lowest BCUT2D eigenvalue weighted by molar-refractivity contribution is 0.411. The molecule has 0 saturated heterocycles. The topological polar surface area (TPSA) is 55.4 Å². The summed E-state index contributed by atoms with van der Waals surface area (Å²) in [6.45, 7) is 3.85. The highest BCUT2D eigenvalue weighted by Crippen LogP contribution is 2.26. The summed E-state index contributed by atoms with van der Waals surface area (Å²) in [5, 5.41) is 2.14. The molecule has 0 bridgehead atoms. The van der Waals surface area contributed by atoms with Gasteiger partial charge >= 0.3 is 0 Å². The van der Waals surface area contributed by atoms with Gasteiger partial charge in [0, 0.05) is 6.54 Å². The molecule has 3 aromatic rings. The molecule has 0 aliphatic heterocycles. The fraction of sp³-hybridized carbons (Fsp3) is 0.200. The number of rotatable bonds is 5. The van der Waals surface area contributed by atoms with Gasteiger partial charge in [-0.25, -0.2) is 13.1 Å². The van der Waals surface area contributed by atoms with Gasteiger partial charge in [-0.1, -0.05) is 42.5 Å². The largest absolute Gasteiger partial charge is 0.496 e. The molecule has 3 aromatic carbocycles. The van der Waals surface area contributed by atoms with E-state index >= 15 is 0 Å². The number of hydrogen-bond acceptors (Lipinski definition) is 3. The van der Waals surface area contributed by atoms with E-state index in [-0.39, 0.29) is 11.4 Å². The molecular weight excluding hydrogens is 334 g/mol. The summed E-state index contributed by atoms with van der Waals surface area (Å²) in [6.07, 6.45) is 0. The van der Waals surface area contributed by atoms with E-state index in [0.717, 1.165) is 21.9 Å². The first kappa shape index (κ1) is 17.5. The van der Waals surface area contributed by atoms with Crippen LogP contribution in [0, 0.1) is 13.8 Å². The molecule has 5 heteroatoms. The Morgan fingerprint density at radius 2 is 1.68 bits per heavy atom. The second-order valence-electron chi connectivity index (χ2n) is 6.05. The zero-order valence-corrected chi connectivity index (χ0v) is 15.4. The molecule has 0 aromatic heterocycles. The van der Waals surface area contributed by atoms with Crippen molar-refractivity contribution in [2.45, 2.75) is 25.3 Å². The second kappa shape index (κ2) is 6.86. The van der Waals surface area contributed by atoms with E-state index in [2.05, 4.69) is 4.72 Å². The van der Waals surface area contributed by atoms with Crippen LogP contribution in [-0.4, -0.2) is 15.5 Å². The van der Waals surface area contributed by atoms with E-state index in [0.29, 0.717) is 11.3 Å². The van der Waals surface area contributed by atoms with E-state index in [9.17, 15) is 8.42 Å². The summed E-state index contributed by atoms with van der Waals surface area (Å²) in [4.78, 5) is 0.283. The highest BCUT2D eigenvalue weighted by molar-refractivity contribution is 7.89. The zero-order valence-electron chi connectivity index (χ0n) is 14.5. The van der Waals surface area contributed by atoms with Crippen LogP contribution in [0.4, 0.5) is 0 Å². The summed E-state index contributed by atoms with van der Waals surface area (Å²) in [5.41, 5.74) is 2.40. The van der Waals surface area contributed by atoms with Crippen LogP contribution in [0.15, 0.2) is 59.5 Å². The van der Waals surface area contributed by atoms with Gasteiger partial charge in [-0.05, 0) is 53.4 Å². The molecule has 130 valence electrons. The first-order valence-corrected chi connectivity index (χ1v) is 9.52. The first-order valence-electron chi connectivity index (χ1n) is 8.04. The van der Waals surface area contributed by atoms with Crippen LogP contribution in [0.5, 0.6) is 5.75 Å². The standard InChI is InChI=1S/C20H21NO3S/c1-14-12-20(15(2)11-19(14)24-3)25(22,23)21-13-17-9-6-8-16-7-4-5-10-18(16)17/h4-12,21H,13H2,1-3H3. The van der Waals surface area contributed by atoms with E-state index in [4.69, 9.17) is 4.74 Å². The first-order chi connectivity index (χ1) is 11.9. The predicted molar refractivity (Wildman–Crippen MR) is 100 cm³/mol. The number of nitrogens with one attached hydrogen (secondary N) is 1. The van der Waals surface area contributed by atoms with Crippen molar-refractivity contribution in [3.8, 4) is 5.75 Å². The molecule has 0 radical (unpaired) electrons. The van der Waals surface area contributed by atoms with Crippen LogP contribution in [0.2, 0.25) is 0 Å². The zero-order chi connectivity index (χ0) is 18.0. The average Bonchev–Trinajstić information content (AvgIpc) is 2.61. The molecule has 3 rings (SSSR count). The molecule has 4 nitrogen and oxygen atoms in total. The minimum atomic E-state index is -3.61. The minimum absolute atomic E-state index is 0.244. The lowest BCUT2D eigenvalue weighted by Gasteiger charge is -2.13. The maximum Gasteiger partial charge on any atom is 0.241 e. The van der Waals surface area contributed by atoms with E-state index in [1.54, 1.807) is 26.2 Å². The molecule has 0 heterocycles. The Bertz CT molecular complexity index is 1020. The number of methoxy groups -OCH3 is 1. The van der Waals surface area contributed by atoms with Gasteiger partial charge in [-0.2, -0.15) is 0 Å². The third-order valence-electron chi connectivity index (χ3n) is 4.31. The molecule has 0 amide bonds. The molecule has 25 heavy (non-hydrogen) atoms. The number of aryl methyl sites for hydroxylation is 2. The van der Waals surface area contributed by atoms with Gasteiger partial charge in [-0.15, -0.1) is 0 Å². The van der Waals surface area contributed by atoms with Crippen molar-refractivity contribution in [3.05, 3.63) is 71.3 Å². The van der Waals surface area contributed by atoms with Gasteiger partial charge in [-0.3, -0.25) is 0 Å². The van der Waals surface area contributed by atoms with Crippen LogP contribution in [-0.2, 0) is 16.6 Å². The average molecular weight is 355 g/mol. The monoisotopic (exact) mass is 355 g/mol. The predicted octanol–water partition coefficient (Wildman–Crippen LogP) is 3.94. The van der Waals surface area contributed by atoms with Crippen molar-refractivity contribution < 1.29 is 13.2 Å². The van der Waals surface area contributed by atoms with Crippen molar-refractivity contribution in [2.75, 3.05) is 7.11 Å². The Labute approximate surface area is 148 Å². The van der Waals surface area contributed by atoms with Gasteiger partial charge in [0.05, 0.1) is 12.0 Å². The lowest BCUT2D eigenvalue weighted by atomic mass is 10.1. The second-order valence-corrected chi connectivity index (χ2v) is 7.79. The summed E-state index contributed by atoms with van der Waals surface area (Å²) in [6, 6.07) is 17.3. The van der Waals surface area contributed by atoms with Crippen molar-refractivity contribution in [2.24, 2.45) is 0 Å². The highest BCUT2D eigenvalue weighted by Gasteiger charge is 2.19. The quantitative estimate of drug-likeness (QED) is 0.754. The fourth-order valence-electron chi connectivity index (χ4n) is 2.97. The van der Waals surface area contributed by atoms with Crippen molar-refractivity contribution >= 4 is 20.8 Å². The molecule has 0 atom stereocenters. The number of benzene rings is 3. The normalized spacial score (nSPS) is 11.6. The molecule has 0 saturated carbocycles. The molecule has 0 fully saturated rings. The Kier molecular flexibility index (Phi) is 4.79. The molecule has 0 aliphatic rings. The lowest BCUT2D eigenvalue weighted by Crippen LogP contribution is -2.24. The molecule has 0 unspecified atom stereocenters. The molecule has 0 spiro atoms. The fourth-order valence-corrected chi connectivity index (χ4v) is 4.29. The van der Waals surface area contributed by atoms with Crippen molar-refractivity contribution in [1.29, 1.82) is 0 Å². The SMILES string of the molecule is COc1cc(C)c(S(=O)(=O)NCc2cccc3ccccc23)cc1C. The number of sulfonamides is 1. The van der Waals surface area contributed by atoms with E-state index in [1.807, 2.05) is 49.4 Å². The van der Waals surface area contributed by atoms with Crippen LogP contribution in [0.25, 0.3) is 10.8 Å². The van der Waals surface area contributed by atoms with E-state index < -0.39 is 10.0 Å². The smallest absolute Gasteiger partial charge is 0.241 e. The van der Waals surface area contributed by atoms with E-state index in [1.165, 1.54) is 0 Å². The number of ether oxygens (including phenoxy) is 1. The summed E-state index contributed by atoms with van der Waals surface area (Å²) >= 11 is 0. The van der Waals surface area contributed by atoms with Gasteiger partial charge < -0.3 is 4.74 Å². The number of fused-ring (bicyclic) bond motifs is 1.